The van der Waals surface area contributed by atoms with E-state index in [1.165, 1.54) is 0 Å². The fourth-order valence-electron chi connectivity index (χ4n) is 0.622. The van der Waals surface area contributed by atoms with Crippen LogP contribution in [0.25, 0.3) is 0 Å². The smallest absolute Gasteiger partial charge is 0.188 e. The lowest BCUT2D eigenvalue weighted by molar-refractivity contribution is -0.335. The van der Waals surface area contributed by atoms with Crippen LogP contribution in [0.1, 0.15) is 32.6 Å². The van der Waals surface area contributed by atoms with Crippen molar-refractivity contribution in [3.63, 3.8) is 0 Å². The first-order chi connectivity index (χ1) is 4.31. The quantitative estimate of drug-likeness (QED) is 0.258. The molecule has 2 N–H and O–H groups in total. The van der Waals surface area contributed by atoms with Gasteiger partial charge in [-0.25, -0.2) is 10.1 Å². The van der Waals surface area contributed by atoms with Crippen LogP contribution in [0.3, 0.4) is 0 Å². The van der Waals surface area contributed by atoms with Crippen molar-refractivity contribution in [1.82, 2.24) is 0 Å². The molecule has 0 bridgehead atoms. The predicted octanol–water partition coefficient (Wildman–Crippen LogP) is 1.37. The summed E-state index contributed by atoms with van der Waals surface area (Å²) in [5.74, 6) is 0. The summed E-state index contributed by atoms with van der Waals surface area (Å²) in [6.45, 7) is 2.08. The zero-order chi connectivity index (χ0) is 7.11. The summed E-state index contributed by atoms with van der Waals surface area (Å²) in [6.07, 6.45) is 2.61. The first kappa shape index (κ1) is 8.88. The first-order valence-corrected chi connectivity index (χ1v) is 3.29. The van der Waals surface area contributed by atoms with Crippen molar-refractivity contribution in [3.05, 3.63) is 0 Å². The maximum absolute atomic E-state index is 8.61. The SMILES string of the molecule is CCCCCC(O)OO. The Bertz CT molecular complexity index is 56.3. The Labute approximate surface area is 55.2 Å². The highest BCUT2D eigenvalue weighted by Crippen LogP contribution is 2.02. The van der Waals surface area contributed by atoms with Gasteiger partial charge in [0.1, 0.15) is 0 Å². The molecule has 0 aliphatic rings. The van der Waals surface area contributed by atoms with E-state index in [1.54, 1.807) is 0 Å². The van der Waals surface area contributed by atoms with E-state index in [2.05, 4.69) is 11.8 Å². The molecular weight excluding hydrogens is 120 g/mol. The van der Waals surface area contributed by atoms with Gasteiger partial charge in [0.15, 0.2) is 6.29 Å². The number of hydrogen-bond donors (Lipinski definition) is 2. The molecule has 1 unspecified atom stereocenters. The number of aliphatic hydroxyl groups excluding tert-OH is 1. The third kappa shape index (κ3) is 5.76. The fourth-order valence-corrected chi connectivity index (χ4v) is 0.622. The van der Waals surface area contributed by atoms with Crippen LogP contribution in [0.5, 0.6) is 0 Å². The van der Waals surface area contributed by atoms with Crippen molar-refractivity contribution in [2.24, 2.45) is 0 Å². The van der Waals surface area contributed by atoms with Gasteiger partial charge < -0.3 is 5.11 Å². The van der Waals surface area contributed by atoms with E-state index >= 15 is 0 Å². The molecule has 0 fully saturated rings. The minimum atomic E-state index is -0.989. The van der Waals surface area contributed by atoms with Gasteiger partial charge in [-0.05, 0) is 6.42 Å². The summed E-state index contributed by atoms with van der Waals surface area (Å²) < 4.78 is 0. The van der Waals surface area contributed by atoms with Crippen molar-refractivity contribution in [2.45, 2.75) is 38.9 Å². The minimum Gasteiger partial charge on any atom is -0.366 e. The van der Waals surface area contributed by atoms with Crippen LogP contribution in [0, 0.1) is 0 Å². The molecule has 0 saturated carbocycles. The standard InChI is InChI=1S/C6H14O3/c1-2-3-4-5-6(7)9-8/h6-8H,2-5H2,1H3. The van der Waals surface area contributed by atoms with Crippen molar-refractivity contribution in [3.8, 4) is 0 Å². The molecule has 0 aliphatic heterocycles. The monoisotopic (exact) mass is 134 g/mol. The van der Waals surface area contributed by atoms with E-state index in [0.29, 0.717) is 6.42 Å². The third-order valence-electron chi connectivity index (χ3n) is 1.18. The maximum atomic E-state index is 8.61. The number of unbranched alkanes of at least 4 members (excludes halogenated alkanes) is 2. The maximum Gasteiger partial charge on any atom is 0.188 e. The van der Waals surface area contributed by atoms with Gasteiger partial charge in [0.2, 0.25) is 0 Å². The number of hydrogen-bond acceptors (Lipinski definition) is 3. The highest BCUT2D eigenvalue weighted by atomic mass is 17.1. The van der Waals surface area contributed by atoms with E-state index in [0.717, 1.165) is 19.3 Å². The minimum absolute atomic E-state index is 0.518. The van der Waals surface area contributed by atoms with Crippen LogP contribution in [0.4, 0.5) is 0 Å². The van der Waals surface area contributed by atoms with E-state index in [1.807, 2.05) is 0 Å². The van der Waals surface area contributed by atoms with Crippen molar-refractivity contribution < 1.29 is 15.3 Å². The summed E-state index contributed by atoms with van der Waals surface area (Å²) in [5.41, 5.74) is 0. The van der Waals surface area contributed by atoms with Gasteiger partial charge in [0.25, 0.3) is 0 Å². The average Bonchev–Trinajstić information content (AvgIpc) is 1.89. The second kappa shape index (κ2) is 6.01. The molecular formula is C6H14O3. The van der Waals surface area contributed by atoms with E-state index < -0.39 is 6.29 Å². The van der Waals surface area contributed by atoms with Crippen LogP contribution in [0.15, 0.2) is 0 Å². The molecule has 0 rings (SSSR count). The lowest BCUT2D eigenvalue weighted by Crippen LogP contribution is -2.08. The topological polar surface area (TPSA) is 49.7 Å². The molecule has 0 aliphatic carbocycles. The Morgan fingerprint density at radius 1 is 1.44 bits per heavy atom. The Hall–Kier alpha value is -0.120. The van der Waals surface area contributed by atoms with Gasteiger partial charge >= 0.3 is 0 Å². The Balaban J connectivity index is 2.88. The summed E-state index contributed by atoms with van der Waals surface area (Å²) in [5, 5.41) is 16.5. The normalized spacial score (nSPS) is 13.7. The molecule has 0 heterocycles. The predicted molar refractivity (Wildman–Crippen MR) is 33.9 cm³/mol. The third-order valence-corrected chi connectivity index (χ3v) is 1.18. The Morgan fingerprint density at radius 2 is 2.11 bits per heavy atom. The largest absolute Gasteiger partial charge is 0.366 e. The van der Waals surface area contributed by atoms with Gasteiger partial charge in [0, 0.05) is 6.42 Å². The summed E-state index contributed by atoms with van der Waals surface area (Å²) in [7, 11) is 0. The lowest BCUT2D eigenvalue weighted by Gasteiger charge is -2.03. The summed E-state index contributed by atoms with van der Waals surface area (Å²) >= 11 is 0. The van der Waals surface area contributed by atoms with Crippen LogP contribution in [-0.2, 0) is 4.89 Å². The molecule has 3 heteroatoms. The van der Waals surface area contributed by atoms with Gasteiger partial charge in [-0.15, -0.1) is 0 Å². The van der Waals surface area contributed by atoms with E-state index in [-0.39, 0.29) is 0 Å². The highest BCUT2D eigenvalue weighted by molar-refractivity contribution is 4.41. The van der Waals surface area contributed by atoms with Crippen LogP contribution in [-0.4, -0.2) is 16.7 Å². The molecule has 0 saturated heterocycles. The second-order valence-electron chi connectivity index (χ2n) is 2.06. The highest BCUT2D eigenvalue weighted by Gasteiger charge is 2.00. The van der Waals surface area contributed by atoms with E-state index in [4.69, 9.17) is 10.4 Å². The number of aliphatic hydroxyl groups is 1. The van der Waals surface area contributed by atoms with E-state index in [9.17, 15) is 0 Å². The molecule has 0 amide bonds. The van der Waals surface area contributed by atoms with Gasteiger partial charge in [-0.1, -0.05) is 19.8 Å². The van der Waals surface area contributed by atoms with Crippen molar-refractivity contribution in [2.75, 3.05) is 0 Å². The van der Waals surface area contributed by atoms with Gasteiger partial charge in [-0.3, -0.25) is 0 Å². The zero-order valence-electron chi connectivity index (χ0n) is 5.71. The summed E-state index contributed by atoms with van der Waals surface area (Å²) in [4.78, 5) is 3.65. The zero-order valence-corrected chi connectivity index (χ0v) is 5.71. The average molecular weight is 134 g/mol. The van der Waals surface area contributed by atoms with Crippen molar-refractivity contribution >= 4 is 0 Å². The molecule has 9 heavy (non-hydrogen) atoms. The van der Waals surface area contributed by atoms with Crippen LogP contribution in [0.2, 0.25) is 0 Å². The van der Waals surface area contributed by atoms with Gasteiger partial charge in [0.05, 0.1) is 0 Å². The Morgan fingerprint density at radius 3 is 2.56 bits per heavy atom. The van der Waals surface area contributed by atoms with Crippen LogP contribution < -0.4 is 0 Å². The first-order valence-electron chi connectivity index (χ1n) is 3.29. The second-order valence-corrected chi connectivity index (χ2v) is 2.06. The molecule has 0 aromatic rings. The molecule has 0 radical (unpaired) electrons. The molecule has 1 atom stereocenters. The number of rotatable bonds is 5. The molecule has 56 valence electrons. The lowest BCUT2D eigenvalue weighted by atomic mass is 10.2. The fraction of sp³-hybridized carbons (Fsp3) is 1.00. The van der Waals surface area contributed by atoms with Crippen LogP contribution >= 0.6 is 0 Å². The molecule has 0 aromatic carbocycles. The summed E-state index contributed by atoms with van der Waals surface area (Å²) in [6, 6.07) is 0. The van der Waals surface area contributed by atoms with Crippen molar-refractivity contribution in [1.29, 1.82) is 0 Å². The molecule has 3 nitrogen and oxygen atoms in total. The van der Waals surface area contributed by atoms with Gasteiger partial charge in [-0.2, -0.15) is 0 Å². The Kier molecular flexibility index (Phi) is 5.93. The molecule has 0 aromatic heterocycles. The molecule has 0 spiro atoms.